The van der Waals surface area contributed by atoms with Crippen molar-refractivity contribution in [2.75, 3.05) is 18.5 Å². The molecular formula is C22H25N3O4. The highest BCUT2D eigenvalue weighted by molar-refractivity contribution is 5.92. The zero-order valence-electron chi connectivity index (χ0n) is 16.6. The van der Waals surface area contributed by atoms with Crippen molar-refractivity contribution in [3.63, 3.8) is 0 Å². The van der Waals surface area contributed by atoms with Gasteiger partial charge in [0.2, 0.25) is 5.91 Å². The zero-order valence-corrected chi connectivity index (χ0v) is 16.6. The number of nitrogens with zero attached hydrogens (tertiary/aromatic N) is 1. The molecule has 3 N–H and O–H groups in total. The molecule has 29 heavy (non-hydrogen) atoms. The molecule has 1 aromatic heterocycles. The summed E-state index contributed by atoms with van der Waals surface area (Å²) in [5, 5.41) is 6.79. The highest BCUT2D eigenvalue weighted by atomic mass is 16.5. The summed E-state index contributed by atoms with van der Waals surface area (Å²) in [7, 11) is 0. The van der Waals surface area contributed by atoms with E-state index in [4.69, 9.17) is 19.7 Å². The van der Waals surface area contributed by atoms with Crippen LogP contribution in [0.25, 0.3) is 0 Å². The van der Waals surface area contributed by atoms with E-state index >= 15 is 0 Å². The summed E-state index contributed by atoms with van der Waals surface area (Å²) in [6.07, 6.45) is 0.273. The number of ether oxygens (including phenoxy) is 2. The van der Waals surface area contributed by atoms with E-state index in [1.54, 1.807) is 24.3 Å². The summed E-state index contributed by atoms with van der Waals surface area (Å²) in [6.45, 7) is 5.07. The van der Waals surface area contributed by atoms with Gasteiger partial charge in [-0.3, -0.25) is 4.79 Å². The number of nitrogens with one attached hydrogen (secondary N) is 1. The first-order valence-corrected chi connectivity index (χ1v) is 9.41. The van der Waals surface area contributed by atoms with Crippen LogP contribution in [0.2, 0.25) is 0 Å². The maximum atomic E-state index is 12.3. The third kappa shape index (κ3) is 5.83. The van der Waals surface area contributed by atoms with Crippen LogP contribution in [0.3, 0.4) is 0 Å². The van der Waals surface area contributed by atoms with Crippen molar-refractivity contribution < 1.29 is 18.8 Å². The molecular weight excluding hydrogens is 370 g/mol. The molecule has 152 valence electrons. The number of hydrogen-bond donors (Lipinski definition) is 2. The third-order valence-electron chi connectivity index (χ3n) is 4.38. The summed E-state index contributed by atoms with van der Waals surface area (Å²) in [4.78, 5) is 12.3. The number of benzene rings is 2. The number of hydrogen-bond acceptors (Lipinski definition) is 6. The predicted molar refractivity (Wildman–Crippen MR) is 110 cm³/mol. The number of amides is 1. The molecule has 0 atom stereocenters. The molecule has 0 radical (unpaired) electrons. The van der Waals surface area contributed by atoms with Crippen LogP contribution in [-0.2, 0) is 17.8 Å². The van der Waals surface area contributed by atoms with E-state index in [2.05, 4.69) is 10.5 Å². The number of aromatic nitrogens is 1. The Balaban J connectivity index is 1.49. The lowest BCUT2D eigenvalue weighted by molar-refractivity contribution is -0.115. The van der Waals surface area contributed by atoms with Crippen LogP contribution >= 0.6 is 0 Å². The van der Waals surface area contributed by atoms with Crippen molar-refractivity contribution in [2.45, 2.75) is 26.9 Å². The number of rotatable bonds is 9. The maximum absolute atomic E-state index is 12.3. The van der Waals surface area contributed by atoms with Crippen molar-refractivity contribution in [3.8, 4) is 11.5 Å². The second kappa shape index (κ2) is 9.75. The van der Waals surface area contributed by atoms with Gasteiger partial charge in [0.25, 0.3) is 0 Å². The second-order valence-electron chi connectivity index (χ2n) is 6.62. The molecule has 0 aliphatic carbocycles. The molecule has 1 amide bonds. The summed E-state index contributed by atoms with van der Waals surface area (Å²) in [6, 6.07) is 14.7. The Labute approximate surface area is 169 Å². The van der Waals surface area contributed by atoms with E-state index in [0.29, 0.717) is 19.8 Å². The summed E-state index contributed by atoms with van der Waals surface area (Å²) in [5.74, 6) is 2.11. The molecule has 0 unspecified atom stereocenters. The fourth-order valence-corrected chi connectivity index (χ4v) is 2.77. The molecule has 0 fully saturated rings. The van der Waals surface area contributed by atoms with E-state index < -0.39 is 0 Å². The second-order valence-corrected chi connectivity index (χ2v) is 6.62. The monoisotopic (exact) mass is 395 g/mol. The minimum atomic E-state index is -0.0926. The van der Waals surface area contributed by atoms with Crippen LogP contribution in [-0.4, -0.2) is 24.2 Å². The fraction of sp³-hybridized carbons (Fsp3) is 0.273. The van der Waals surface area contributed by atoms with E-state index in [9.17, 15) is 4.79 Å². The Hall–Kier alpha value is -3.32. The van der Waals surface area contributed by atoms with Crippen molar-refractivity contribution in [1.29, 1.82) is 0 Å². The molecule has 0 aliphatic rings. The van der Waals surface area contributed by atoms with Gasteiger partial charge in [-0.1, -0.05) is 17.3 Å². The van der Waals surface area contributed by atoms with Crippen LogP contribution in [0, 0.1) is 13.8 Å². The Bertz CT molecular complexity index is 914. The number of anilines is 1. The highest BCUT2D eigenvalue weighted by Crippen LogP contribution is 2.19. The van der Waals surface area contributed by atoms with Crippen LogP contribution in [0.15, 0.2) is 53.1 Å². The van der Waals surface area contributed by atoms with Crippen LogP contribution in [0.4, 0.5) is 5.69 Å². The molecule has 0 spiro atoms. The van der Waals surface area contributed by atoms with Gasteiger partial charge in [-0.25, -0.2) is 0 Å². The molecule has 7 heteroatoms. The summed E-state index contributed by atoms with van der Waals surface area (Å²) < 4.78 is 16.3. The first-order valence-electron chi connectivity index (χ1n) is 9.41. The van der Waals surface area contributed by atoms with E-state index in [1.807, 2.05) is 38.1 Å². The largest absolute Gasteiger partial charge is 0.492 e. The van der Waals surface area contributed by atoms with Crippen LogP contribution < -0.4 is 20.5 Å². The van der Waals surface area contributed by atoms with Gasteiger partial charge in [-0.2, -0.15) is 0 Å². The van der Waals surface area contributed by atoms with Gasteiger partial charge in [-0.05, 0) is 55.8 Å². The quantitative estimate of drug-likeness (QED) is 0.576. The molecule has 1 heterocycles. The lowest BCUT2D eigenvalue weighted by Crippen LogP contribution is -2.14. The Kier molecular flexibility index (Phi) is 6.86. The number of aryl methyl sites for hydroxylation is 2. The maximum Gasteiger partial charge on any atom is 0.228 e. The van der Waals surface area contributed by atoms with Gasteiger partial charge in [0, 0.05) is 12.2 Å². The first-order chi connectivity index (χ1) is 14.0. The normalized spacial score (nSPS) is 10.6. The highest BCUT2D eigenvalue weighted by Gasteiger charge is 2.10. The number of carbonyl (C=O) groups excluding carboxylic acids is 1. The van der Waals surface area contributed by atoms with Crippen molar-refractivity contribution in [2.24, 2.45) is 5.73 Å². The van der Waals surface area contributed by atoms with Gasteiger partial charge in [0.1, 0.15) is 30.5 Å². The van der Waals surface area contributed by atoms with E-state index in [0.717, 1.165) is 39.8 Å². The van der Waals surface area contributed by atoms with Crippen molar-refractivity contribution in [3.05, 3.63) is 71.1 Å². The van der Waals surface area contributed by atoms with Gasteiger partial charge >= 0.3 is 0 Å². The molecule has 0 saturated carbocycles. The van der Waals surface area contributed by atoms with Crippen LogP contribution in [0.1, 0.15) is 22.6 Å². The zero-order chi connectivity index (χ0) is 20.6. The van der Waals surface area contributed by atoms with Gasteiger partial charge in [0.05, 0.1) is 17.7 Å². The third-order valence-corrected chi connectivity index (χ3v) is 4.38. The summed E-state index contributed by atoms with van der Waals surface area (Å²) >= 11 is 0. The minimum Gasteiger partial charge on any atom is -0.492 e. The topological polar surface area (TPSA) is 99.6 Å². The van der Waals surface area contributed by atoms with Gasteiger partial charge in [0.15, 0.2) is 0 Å². The summed E-state index contributed by atoms with van der Waals surface area (Å²) in [5.41, 5.74) is 8.81. The molecule has 3 rings (SSSR count). The van der Waals surface area contributed by atoms with E-state index in [1.165, 1.54) is 0 Å². The molecule has 2 aromatic carbocycles. The molecule has 3 aromatic rings. The average molecular weight is 395 g/mol. The van der Waals surface area contributed by atoms with Crippen LogP contribution in [0.5, 0.6) is 11.5 Å². The number of carbonyl (C=O) groups is 1. The SMILES string of the molecule is Cc1noc(C)c1COc1ccc(CC(=O)Nc2ccc(OCCN)cc2)cc1. The number of nitrogens with two attached hydrogens (primary N) is 1. The Morgan fingerprint density at radius 1 is 1.03 bits per heavy atom. The lowest BCUT2D eigenvalue weighted by Gasteiger charge is -2.09. The minimum absolute atomic E-state index is 0.0926. The standard InChI is InChI=1S/C22H25N3O4/c1-15-21(16(2)29-25-15)14-28-20-7-3-17(4-8-20)13-22(26)24-18-5-9-19(10-6-18)27-12-11-23/h3-10H,11-14,23H2,1-2H3,(H,24,26). The first kappa shape index (κ1) is 20.4. The molecule has 0 saturated heterocycles. The van der Waals surface area contributed by atoms with Crippen molar-refractivity contribution >= 4 is 11.6 Å². The fourth-order valence-electron chi connectivity index (χ4n) is 2.77. The van der Waals surface area contributed by atoms with Gasteiger partial charge in [-0.15, -0.1) is 0 Å². The lowest BCUT2D eigenvalue weighted by atomic mass is 10.1. The molecule has 0 aliphatic heterocycles. The Morgan fingerprint density at radius 3 is 2.31 bits per heavy atom. The van der Waals surface area contributed by atoms with Crippen molar-refractivity contribution in [1.82, 2.24) is 5.16 Å². The smallest absolute Gasteiger partial charge is 0.228 e. The van der Waals surface area contributed by atoms with E-state index in [-0.39, 0.29) is 12.3 Å². The predicted octanol–water partition coefficient (Wildman–Crippen LogP) is 3.39. The van der Waals surface area contributed by atoms with Gasteiger partial charge < -0.3 is 25.0 Å². The molecule has 0 bridgehead atoms. The average Bonchev–Trinajstić information content (AvgIpc) is 3.04. The Morgan fingerprint density at radius 2 is 1.69 bits per heavy atom. The molecule has 7 nitrogen and oxygen atoms in total.